The minimum Gasteiger partial charge on any atom is -0.331 e. The number of carbonyl (C=O) groups excluding carboxylic acids is 1. The van der Waals surface area contributed by atoms with Crippen molar-refractivity contribution in [3.8, 4) is 0 Å². The SMILES string of the molecule is CC(=O)c1cnc2ccnn2c1/C=C\NN. The van der Waals surface area contributed by atoms with Gasteiger partial charge < -0.3 is 5.43 Å². The molecule has 0 radical (unpaired) electrons. The summed E-state index contributed by atoms with van der Waals surface area (Å²) in [6.07, 6.45) is 6.37. The van der Waals surface area contributed by atoms with Gasteiger partial charge >= 0.3 is 0 Å². The first-order chi connectivity index (χ1) is 7.74. The maximum Gasteiger partial charge on any atom is 0.163 e. The van der Waals surface area contributed by atoms with Gasteiger partial charge in [0.2, 0.25) is 0 Å². The molecule has 16 heavy (non-hydrogen) atoms. The zero-order valence-corrected chi connectivity index (χ0v) is 8.71. The highest BCUT2D eigenvalue weighted by molar-refractivity contribution is 5.97. The third-order valence-electron chi connectivity index (χ3n) is 2.17. The number of aromatic nitrogens is 3. The molecule has 82 valence electrons. The molecule has 0 aromatic carbocycles. The lowest BCUT2D eigenvalue weighted by Gasteiger charge is -2.04. The van der Waals surface area contributed by atoms with Crippen LogP contribution in [0.25, 0.3) is 11.7 Å². The number of hydrogen-bond acceptors (Lipinski definition) is 5. The molecule has 0 spiro atoms. The summed E-state index contributed by atoms with van der Waals surface area (Å²) in [6.45, 7) is 1.49. The minimum atomic E-state index is -0.0680. The summed E-state index contributed by atoms with van der Waals surface area (Å²) in [5, 5.41) is 4.10. The van der Waals surface area contributed by atoms with E-state index in [1.165, 1.54) is 19.3 Å². The lowest BCUT2D eigenvalue weighted by atomic mass is 10.1. The molecule has 0 atom stereocenters. The lowest BCUT2D eigenvalue weighted by molar-refractivity contribution is 0.101. The van der Waals surface area contributed by atoms with Gasteiger partial charge in [0.1, 0.15) is 0 Å². The largest absolute Gasteiger partial charge is 0.331 e. The van der Waals surface area contributed by atoms with Gasteiger partial charge in [-0.15, -0.1) is 0 Å². The second kappa shape index (κ2) is 4.11. The summed E-state index contributed by atoms with van der Waals surface area (Å²) in [5.41, 5.74) is 4.22. The Kier molecular flexibility index (Phi) is 2.65. The molecule has 0 saturated carbocycles. The molecular weight excluding hydrogens is 206 g/mol. The van der Waals surface area contributed by atoms with Crippen LogP contribution in [-0.4, -0.2) is 20.4 Å². The topological polar surface area (TPSA) is 85.3 Å². The Labute approximate surface area is 91.7 Å². The van der Waals surface area contributed by atoms with Crippen molar-refractivity contribution in [2.45, 2.75) is 6.92 Å². The van der Waals surface area contributed by atoms with E-state index in [-0.39, 0.29) is 5.78 Å². The van der Waals surface area contributed by atoms with Crippen LogP contribution in [-0.2, 0) is 0 Å². The molecule has 0 fully saturated rings. The Morgan fingerprint density at radius 1 is 1.62 bits per heavy atom. The van der Waals surface area contributed by atoms with E-state index < -0.39 is 0 Å². The summed E-state index contributed by atoms with van der Waals surface area (Å²) < 4.78 is 1.59. The molecule has 0 aliphatic carbocycles. The fraction of sp³-hybridized carbons (Fsp3) is 0.100. The average molecular weight is 217 g/mol. The second-order valence-corrected chi connectivity index (χ2v) is 3.21. The number of hydrazine groups is 1. The molecule has 0 aliphatic rings. The quantitative estimate of drug-likeness (QED) is 0.440. The first kappa shape index (κ1) is 10.3. The number of fused-ring (bicyclic) bond motifs is 1. The van der Waals surface area contributed by atoms with Crippen LogP contribution in [0.1, 0.15) is 23.0 Å². The van der Waals surface area contributed by atoms with Gasteiger partial charge in [-0.2, -0.15) is 5.10 Å². The zero-order valence-electron chi connectivity index (χ0n) is 8.71. The van der Waals surface area contributed by atoms with Gasteiger partial charge in [0, 0.05) is 18.5 Å². The Bertz CT molecular complexity index is 557. The third-order valence-corrected chi connectivity index (χ3v) is 2.17. The van der Waals surface area contributed by atoms with Crippen molar-refractivity contribution in [1.29, 1.82) is 0 Å². The number of Topliss-reactive ketones (excluding diaryl/α,β-unsaturated/α-hetero) is 1. The smallest absolute Gasteiger partial charge is 0.163 e. The van der Waals surface area contributed by atoms with Crippen LogP contribution in [0.5, 0.6) is 0 Å². The standard InChI is InChI=1S/C10H11N5O/c1-7(16)8-6-12-10-3-5-14-15(10)9(8)2-4-13-11/h2-6,13H,11H2,1H3/b4-2-. The van der Waals surface area contributed by atoms with Crippen LogP contribution in [0.4, 0.5) is 0 Å². The summed E-state index contributed by atoms with van der Waals surface area (Å²) in [7, 11) is 0. The van der Waals surface area contributed by atoms with E-state index >= 15 is 0 Å². The second-order valence-electron chi connectivity index (χ2n) is 3.21. The first-order valence-electron chi connectivity index (χ1n) is 4.70. The van der Waals surface area contributed by atoms with Gasteiger partial charge in [-0.1, -0.05) is 0 Å². The number of nitrogens with zero attached hydrogens (tertiary/aromatic N) is 3. The Morgan fingerprint density at radius 3 is 3.12 bits per heavy atom. The van der Waals surface area contributed by atoms with Crippen LogP contribution < -0.4 is 11.3 Å². The molecule has 2 aromatic heterocycles. The number of hydrogen-bond donors (Lipinski definition) is 2. The van der Waals surface area contributed by atoms with Crippen molar-refractivity contribution in [3.63, 3.8) is 0 Å². The van der Waals surface area contributed by atoms with E-state index in [9.17, 15) is 4.79 Å². The molecule has 0 bridgehead atoms. The number of nitrogens with one attached hydrogen (secondary N) is 1. The molecule has 0 saturated heterocycles. The molecular formula is C10H11N5O. The van der Waals surface area contributed by atoms with E-state index in [0.29, 0.717) is 16.9 Å². The molecule has 6 heteroatoms. The molecule has 2 heterocycles. The number of nitrogens with two attached hydrogens (primary N) is 1. The van der Waals surface area contributed by atoms with Crippen LogP contribution >= 0.6 is 0 Å². The molecule has 0 unspecified atom stereocenters. The predicted octanol–water partition coefficient (Wildman–Crippen LogP) is 0.366. The van der Waals surface area contributed by atoms with Crippen molar-refractivity contribution < 1.29 is 4.79 Å². The highest BCUT2D eigenvalue weighted by Crippen LogP contribution is 2.12. The number of ketones is 1. The summed E-state index contributed by atoms with van der Waals surface area (Å²) in [6, 6.07) is 1.76. The summed E-state index contributed by atoms with van der Waals surface area (Å²) >= 11 is 0. The monoisotopic (exact) mass is 217 g/mol. The van der Waals surface area contributed by atoms with Gasteiger partial charge in [-0.3, -0.25) is 10.6 Å². The number of rotatable bonds is 3. The van der Waals surface area contributed by atoms with E-state index in [4.69, 9.17) is 5.84 Å². The van der Waals surface area contributed by atoms with Gasteiger partial charge in [-0.05, 0) is 13.0 Å². The Balaban J connectivity index is 2.70. The van der Waals surface area contributed by atoms with E-state index in [1.807, 2.05) is 0 Å². The maximum atomic E-state index is 11.4. The van der Waals surface area contributed by atoms with Gasteiger partial charge in [0.15, 0.2) is 11.4 Å². The molecule has 3 N–H and O–H groups in total. The maximum absolute atomic E-state index is 11.4. The van der Waals surface area contributed by atoms with Crippen LogP contribution in [0, 0.1) is 0 Å². The fourth-order valence-corrected chi connectivity index (χ4v) is 1.45. The van der Waals surface area contributed by atoms with Crippen molar-refractivity contribution in [1.82, 2.24) is 20.0 Å². The van der Waals surface area contributed by atoms with Gasteiger partial charge in [-0.25, -0.2) is 9.50 Å². The molecule has 0 amide bonds. The normalized spacial score (nSPS) is 11.1. The average Bonchev–Trinajstić information content (AvgIpc) is 2.73. The van der Waals surface area contributed by atoms with E-state index in [0.717, 1.165) is 0 Å². The molecule has 0 aliphatic heterocycles. The van der Waals surface area contributed by atoms with Gasteiger partial charge in [0.25, 0.3) is 0 Å². The first-order valence-corrected chi connectivity index (χ1v) is 4.70. The predicted molar refractivity (Wildman–Crippen MR) is 59.3 cm³/mol. The summed E-state index contributed by atoms with van der Waals surface area (Å²) in [5.74, 6) is 5.09. The Morgan fingerprint density at radius 2 is 2.44 bits per heavy atom. The molecule has 2 rings (SSSR count). The van der Waals surface area contributed by atoms with Crippen molar-refractivity contribution in [2.24, 2.45) is 5.84 Å². The van der Waals surface area contributed by atoms with Crippen molar-refractivity contribution in [3.05, 3.63) is 35.9 Å². The van der Waals surface area contributed by atoms with E-state index in [2.05, 4.69) is 15.5 Å². The van der Waals surface area contributed by atoms with Gasteiger partial charge in [0.05, 0.1) is 17.5 Å². The Hall–Kier alpha value is -2.21. The fourth-order valence-electron chi connectivity index (χ4n) is 1.45. The van der Waals surface area contributed by atoms with Crippen LogP contribution in [0.15, 0.2) is 24.7 Å². The number of carbonyl (C=O) groups is 1. The molecule has 2 aromatic rings. The summed E-state index contributed by atoms with van der Waals surface area (Å²) in [4.78, 5) is 15.6. The highest BCUT2D eigenvalue weighted by atomic mass is 16.1. The van der Waals surface area contributed by atoms with Crippen LogP contribution in [0.2, 0.25) is 0 Å². The lowest BCUT2D eigenvalue weighted by Crippen LogP contribution is -2.13. The third kappa shape index (κ3) is 1.66. The van der Waals surface area contributed by atoms with Crippen LogP contribution in [0.3, 0.4) is 0 Å². The van der Waals surface area contributed by atoms with Crippen molar-refractivity contribution >= 4 is 17.5 Å². The highest BCUT2D eigenvalue weighted by Gasteiger charge is 2.10. The molecule has 6 nitrogen and oxygen atoms in total. The minimum absolute atomic E-state index is 0.0680. The van der Waals surface area contributed by atoms with Crippen molar-refractivity contribution in [2.75, 3.05) is 0 Å². The zero-order chi connectivity index (χ0) is 11.5. The van der Waals surface area contributed by atoms with E-state index in [1.54, 1.807) is 22.9 Å².